The molecule has 0 saturated heterocycles. The van der Waals surface area contributed by atoms with E-state index in [1.54, 1.807) is 0 Å². The van der Waals surface area contributed by atoms with Crippen LogP contribution in [0.2, 0.25) is 0 Å². The number of ether oxygens (including phenoxy) is 1. The zero-order valence-corrected chi connectivity index (χ0v) is 26.8. The molecular formula is C45H31N3O. The fourth-order valence-corrected chi connectivity index (χ4v) is 7.71. The molecule has 0 spiro atoms. The van der Waals surface area contributed by atoms with Crippen LogP contribution < -0.4 is 4.74 Å². The minimum atomic E-state index is -0.0542. The molecule has 4 nitrogen and oxygen atoms in total. The van der Waals surface area contributed by atoms with Crippen molar-refractivity contribution >= 4 is 32.3 Å². The second kappa shape index (κ2) is 11.2. The summed E-state index contributed by atoms with van der Waals surface area (Å²) in [7, 11) is 0. The molecule has 7 aromatic rings. The van der Waals surface area contributed by atoms with Crippen molar-refractivity contribution in [1.82, 2.24) is 15.0 Å². The van der Waals surface area contributed by atoms with Gasteiger partial charge in [-0.3, -0.25) is 0 Å². The molecule has 49 heavy (non-hydrogen) atoms. The number of hydrogen-bond acceptors (Lipinski definition) is 4. The van der Waals surface area contributed by atoms with Crippen molar-refractivity contribution < 1.29 is 4.74 Å². The number of rotatable bonds is 4. The first-order chi connectivity index (χ1) is 24.3. The average molecular weight is 630 g/mol. The van der Waals surface area contributed by atoms with Crippen LogP contribution >= 0.6 is 0 Å². The van der Waals surface area contributed by atoms with Gasteiger partial charge in [0.25, 0.3) is 0 Å². The molecule has 1 aliphatic heterocycles. The molecule has 0 bridgehead atoms. The SMILES string of the molecule is C1=CC(C2=CC3c4cc(-c5nc(-c6cccc7ccccc67)nc(-c6cccc7ccccc67)n5)c5ccccc5c4OC3C=C2)=CCC1. The number of allylic oxidation sites excluding steroid dienone is 6. The van der Waals surface area contributed by atoms with Crippen molar-refractivity contribution in [3.8, 4) is 39.9 Å². The van der Waals surface area contributed by atoms with Crippen LogP contribution in [0.25, 0.3) is 66.5 Å². The monoisotopic (exact) mass is 629 g/mol. The number of benzene rings is 6. The Hall–Kier alpha value is -6.13. The molecule has 10 rings (SSSR count). The van der Waals surface area contributed by atoms with Crippen molar-refractivity contribution in [3.05, 3.63) is 168 Å². The van der Waals surface area contributed by atoms with Gasteiger partial charge in [-0.25, -0.2) is 15.0 Å². The maximum Gasteiger partial charge on any atom is 0.164 e. The summed E-state index contributed by atoms with van der Waals surface area (Å²) in [5.41, 5.74) is 6.64. The van der Waals surface area contributed by atoms with Crippen LogP contribution in [0.5, 0.6) is 5.75 Å². The Morgan fingerprint density at radius 3 is 1.78 bits per heavy atom. The quantitative estimate of drug-likeness (QED) is 0.194. The number of aromatic nitrogens is 3. The molecule has 0 N–H and O–H groups in total. The first kappa shape index (κ1) is 27.9. The maximum atomic E-state index is 6.71. The number of hydrogen-bond donors (Lipinski definition) is 0. The molecule has 0 fully saturated rings. The van der Waals surface area contributed by atoms with E-state index in [9.17, 15) is 0 Å². The number of fused-ring (bicyclic) bond motifs is 7. The van der Waals surface area contributed by atoms with Gasteiger partial charge in [-0.05, 0) is 63.1 Å². The summed E-state index contributed by atoms with van der Waals surface area (Å²) in [5, 5.41) is 6.65. The second-order valence-corrected chi connectivity index (χ2v) is 13.0. The van der Waals surface area contributed by atoms with E-state index in [1.165, 1.54) is 16.7 Å². The minimum absolute atomic E-state index is 0.0542. The Morgan fingerprint density at radius 1 is 0.531 bits per heavy atom. The highest BCUT2D eigenvalue weighted by atomic mass is 16.5. The third-order valence-corrected chi connectivity index (χ3v) is 10.1. The zero-order valence-electron chi connectivity index (χ0n) is 26.8. The molecule has 2 unspecified atom stereocenters. The van der Waals surface area contributed by atoms with Gasteiger partial charge in [-0.15, -0.1) is 0 Å². The Labute approximate surface area is 284 Å². The first-order valence-corrected chi connectivity index (χ1v) is 17.0. The molecule has 1 aromatic heterocycles. The standard InChI is InChI=1S/C45H31N3O/c1-2-12-28(13-3-1)31-24-25-41-38(26-31)39-27-40(34-20-8-9-21-35(34)42(39)49-41)45-47-43(36-22-10-16-29-14-4-6-18-32(29)36)46-44(48-45)37-23-11-17-30-15-5-7-19-33(30)37/h2,4-27,38,41H,1,3H2. The van der Waals surface area contributed by atoms with E-state index < -0.39 is 0 Å². The van der Waals surface area contributed by atoms with Crippen molar-refractivity contribution in [1.29, 1.82) is 0 Å². The highest BCUT2D eigenvalue weighted by Gasteiger charge is 2.36. The van der Waals surface area contributed by atoms with E-state index >= 15 is 0 Å². The summed E-state index contributed by atoms with van der Waals surface area (Å²) in [4.78, 5) is 15.8. The summed E-state index contributed by atoms with van der Waals surface area (Å²) in [5.74, 6) is 3.00. The third kappa shape index (κ3) is 4.63. The highest BCUT2D eigenvalue weighted by molar-refractivity contribution is 6.02. The molecule has 4 heteroatoms. The van der Waals surface area contributed by atoms with E-state index in [4.69, 9.17) is 19.7 Å². The Morgan fingerprint density at radius 2 is 1.12 bits per heavy atom. The molecule has 2 aliphatic carbocycles. The van der Waals surface area contributed by atoms with E-state index in [1.807, 2.05) is 0 Å². The van der Waals surface area contributed by atoms with Crippen LogP contribution in [0.3, 0.4) is 0 Å². The van der Waals surface area contributed by atoms with Gasteiger partial charge >= 0.3 is 0 Å². The van der Waals surface area contributed by atoms with Gasteiger partial charge in [0.2, 0.25) is 0 Å². The molecule has 2 heterocycles. The van der Waals surface area contributed by atoms with Crippen LogP contribution in [-0.4, -0.2) is 21.1 Å². The summed E-state index contributed by atoms with van der Waals surface area (Å²) < 4.78 is 6.71. The highest BCUT2D eigenvalue weighted by Crippen LogP contribution is 2.49. The Kier molecular flexibility index (Phi) is 6.41. The molecule has 2 atom stereocenters. The molecule has 0 amide bonds. The van der Waals surface area contributed by atoms with Crippen molar-refractivity contribution in [2.24, 2.45) is 0 Å². The van der Waals surface area contributed by atoms with Crippen LogP contribution in [0.15, 0.2) is 163 Å². The third-order valence-electron chi connectivity index (χ3n) is 10.1. The fourth-order valence-electron chi connectivity index (χ4n) is 7.71. The molecule has 232 valence electrons. The summed E-state index contributed by atoms with van der Waals surface area (Å²) in [6.45, 7) is 0. The zero-order chi connectivity index (χ0) is 32.3. The summed E-state index contributed by atoms with van der Waals surface area (Å²) in [6.07, 6.45) is 15.8. The van der Waals surface area contributed by atoms with Crippen LogP contribution in [0, 0.1) is 0 Å². The van der Waals surface area contributed by atoms with Gasteiger partial charge in [0, 0.05) is 33.6 Å². The van der Waals surface area contributed by atoms with Crippen LogP contribution in [-0.2, 0) is 0 Å². The lowest BCUT2D eigenvalue weighted by atomic mass is 9.84. The lowest BCUT2D eigenvalue weighted by Crippen LogP contribution is -2.17. The van der Waals surface area contributed by atoms with Gasteiger partial charge in [0.05, 0.1) is 0 Å². The van der Waals surface area contributed by atoms with Crippen molar-refractivity contribution in [2.75, 3.05) is 0 Å². The fraction of sp³-hybridized carbons (Fsp3) is 0.0889. The van der Waals surface area contributed by atoms with E-state index in [2.05, 4.69) is 152 Å². The van der Waals surface area contributed by atoms with Gasteiger partial charge in [-0.1, -0.05) is 140 Å². The largest absolute Gasteiger partial charge is 0.484 e. The lowest BCUT2D eigenvalue weighted by molar-refractivity contribution is 0.271. The smallest absolute Gasteiger partial charge is 0.164 e. The topological polar surface area (TPSA) is 47.9 Å². The molecular weight excluding hydrogens is 599 g/mol. The Balaban J connectivity index is 1.22. The van der Waals surface area contributed by atoms with Gasteiger partial charge in [0.1, 0.15) is 11.9 Å². The van der Waals surface area contributed by atoms with E-state index in [0.717, 1.165) is 67.6 Å². The maximum absolute atomic E-state index is 6.71. The molecule has 0 saturated carbocycles. The minimum Gasteiger partial charge on any atom is -0.484 e. The van der Waals surface area contributed by atoms with Crippen molar-refractivity contribution in [2.45, 2.75) is 24.9 Å². The lowest BCUT2D eigenvalue weighted by Gasteiger charge is -2.20. The Bertz CT molecular complexity index is 2500. The van der Waals surface area contributed by atoms with Crippen LogP contribution in [0.1, 0.15) is 24.3 Å². The van der Waals surface area contributed by atoms with Crippen LogP contribution in [0.4, 0.5) is 0 Å². The summed E-state index contributed by atoms with van der Waals surface area (Å²) in [6, 6.07) is 40.3. The van der Waals surface area contributed by atoms with E-state index in [-0.39, 0.29) is 12.0 Å². The van der Waals surface area contributed by atoms with Gasteiger partial charge < -0.3 is 4.74 Å². The van der Waals surface area contributed by atoms with Gasteiger partial charge in [-0.2, -0.15) is 0 Å². The van der Waals surface area contributed by atoms with Gasteiger partial charge in [0.15, 0.2) is 17.5 Å². The van der Waals surface area contributed by atoms with E-state index in [0.29, 0.717) is 17.5 Å². The molecule has 3 aliphatic rings. The molecule has 0 radical (unpaired) electrons. The number of nitrogens with zero attached hydrogens (tertiary/aromatic N) is 3. The molecule has 6 aromatic carbocycles. The first-order valence-electron chi connectivity index (χ1n) is 17.0. The summed E-state index contributed by atoms with van der Waals surface area (Å²) >= 11 is 0. The average Bonchev–Trinajstić information content (AvgIpc) is 3.55. The second-order valence-electron chi connectivity index (χ2n) is 13.0. The predicted octanol–water partition coefficient (Wildman–Crippen LogP) is 10.9. The predicted molar refractivity (Wildman–Crippen MR) is 199 cm³/mol. The van der Waals surface area contributed by atoms with Crippen molar-refractivity contribution in [3.63, 3.8) is 0 Å². The normalized spacial score (nSPS) is 17.9.